The number of halogens is 2. The van der Waals surface area contributed by atoms with Gasteiger partial charge in [-0.1, -0.05) is 24.1 Å². The van der Waals surface area contributed by atoms with Crippen LogP contribution in [0, 0.1) is 17.8 Å². The highest BCUT2D eigenvalue weighted by molar-refractivity contribution is 6.35. The maximum absolute atomic E-state index is 12.6. The van der Waals surface area contributed by atoms with Crippen LogP contribution in [0.3, 0.4) is 0 Å². The van der Waals surface area contributed by atoms with Crippen LogP contribution in [0.25, 0.3) is 11.0 Å². The smallest absolute Gasteiger partial charge is 0.229 e. The fourth-order valence-electron chi connectivity index (χ4n) is 4.28. The van der Waals surface area contributed by atoms with Crippen LogP contribution in [0.2, 0.25) is 5.02 Å². The average molecular weight is 369 g/mol. The van der Waals surface area contributed by atoms with Crippen molar-refractivity contribution in [2.75, 3.05) is 5.32 Å². The van der Waals surface area contributed by atoms with Crippen LogP contribution < -0.4 is 11.1 Å². The van der Waals surface area contributed by atoms with Crippen LogP contribution in [-0.2, 0) is 4.79 Å². The summed E-state index contributed by atoms with van der Waals surface area (Å²) in [5.41, 5.74) is 7.82. The molecule has 4 rings (SSSR count). The summed E-state index contributed by atoms with van der Waals surface area (Å²) in [5.74, 6) is 1.53. The number of carbonyl (C=O) groups is 1. The minimum Gasteiger partial charge on any atom is -0.327 e. The summed E-state index contributed by atoms with van der Waals surface area (Å²) in [7, 11) is 0. The van der Waals surface area contributed by atoms with Gasteiger partial charge in [0.05, 0.1) is 10.5 Å². The number of rotatable bonds is 2. The number of hydrogen-bond donors (Lipinski definition) is 3. The number of hydrogen-bond acceptors (Lipinski definition) is 3. The number of benzene rings is 1. The second kappa shape index (κ2) is 6.90. The van der Waals surface area contributed by atoms with Crippen LogP contribution in [0.5, 0.6) is 0 Å². The number of amides is 1. The lowest BCUT2D eigenvalue weighted by Crippen LogP contribution is -2.48. The third-order valence-corrected chi connectivity index (χ3v) is 5.79. The van der Waals surface area contributed by atoms with Gasteiger partial charge in [-0.25, -0.2) is 4.98 Å². The third kappa shape index (κ3) is 3.13. The molecule has 2 saturated carbocycles. The lowest BCUT2D eigenvalue weighted by atomic mass is 9.65. The second-order valence-electron chi connectivity index (χ2n) is 6.91. The first kappa shape index (κ1) is 17.5. The molecule has 2 unspecified atom stereocenters. The Labute approximate surface area is 152 Å². The Bertz CT molecular complexity index is 733. The molecule has 2 aromatic rings. The Morgan fingerprint density at radius 3 is 2.67 bits per heavy atom. The predicted molar refractivity (Wildman–Crippen MR) is 98.5 cm³/mol. The van der Waals surface area contributed by atoms with E-state index < -0.39 is 0 Å². The molecule has 1 amide bonds. The highest BCUT2D eigenvalue weighted by atomic mass is 35.5. The van der Waals surface area contributed by atoms with E-state index in [1.54, 1.807) is 6.07 Å². The number of anilines is 1. The van der Waals surface area contributed by atoms with Gasteiger partial charge in [-0.2, -0.15) is 0 Å². The van der Waals surface area contributed by atoms with Crippen molar-refractivity contribution in [1.29, 1.82) is 0 Å². The highest BCUT2D eigenvalue weighted by Crippen LogP contribution is 2.42. The molecule has 2 bridgehead atoms. The quantitative estimate of drug-likeness (QED) is 0.754. The molecule has 1 aromatic heterocycles. The number of carbonyl (C=O) groups excluding carboxylic acids is 1. The predicted octanol–water partition coefficient (Wildman–Crippen LogP) is 3.73. The van der Waals surface area contributed by atoms with Gasteiger partial charge in [0, 0.05) is 12.0 Å². The van der Waals surface area contributed by atoms with Crippen LogP contribution in [0.15, 0.2) is 18.2 Å². The number of nitrogens with two attached hydrogens (primary N) is 1. The Morgan fingerprint density at radius 1 is 1.29 bits per heavy atom. The molecular formula is C17H22Cl2N4O. The van der Waals surface area contributed by atoms with Crippen molar-refractivity contribution in [3.8, 4) is 0 Å². The average Bonchev–Trinajstić information content (AvgIpc) is 2.91. The molecule has 130 valence electrons. The van der Waals surface area contributed by atoms with Crippen LogP contribution in [0.1, 0.15) is 32.1 Å². The monoisotopic (exact) mass is 368 g/mol. The van der Waals surface area contributed by atoms with Gasteiger partial charge in [0.2, 0.25) is 11.9 Å². The lowest BCUT2D eigenvalue weighted by molar-refractivity contribution is -0.122. The molecule has 5 nitrogen and oxygen atoms in total. The van der Waals surface area contributed by atoms with Crippen molar-refractivity contribution in [3.05, 3.63) is 23.2 Å². The molecule has 2 aliphatic carbocycles. The molecule has 2 aliphatic rings. The fraction of sp³-hybridized carbons (Fsp3) is 0.529. The van der Waals surface area contributed by atoms with Gasteiger partial charge in [-0.15, -0.1) is 12.4 Å². The van der Waals surface area contributed by atoms with Crippen molar-refractivity contribution in [3.63, 3.8) is 0 Å². The Morgan fingerprint density at radius 2 is 2.00 bits per heavy atom. The van der Waals surface area contributed by atoms with Crippen molar-refractivity contribution in [1.82, 2.24) is 9.97 Å². The SMILES string of the molecule is Cl.NC1C2CCCC1CC(C(=O)Nc1nc3c(Cl)cccc3[nH]1)C2. The molecular weight excluding hydrogens is 347 g/mol. The summed E-state index contributed by atoms with van der Waals surface area (Å²) in [4.78, 5) is 20.1. The molecule has 1 heterocycles. The normalized spacial score (nSPS) is 29.1. The van der Waals surface area contributed by atoms with E-state index in [4.69, 9.17) is 17.3 Å². The van der Waals surface area contributed by atoms with Crippen molar-refractivity contribution >= 4 is 46.9 Å². The van der Waals surface area contributed by atoms with Crippen LogP contribution in [-0.4, -0.2) is 21.9 Å². The largest absolute Gasteiger partial charge is 0.327 e. The summed E-state index contributed by atoms with van der Waals surface area (Å²) in [6.07, 6.45) is 5.35. The third-order valence-electron chi connectivity index (χ3n) is 5.49. The van der Waals surface area contributed by atoms with Gasteiger partial charge in [-0.3, -0.25) is 10.1 Å². The summed E-state index contributed by atoms with van der Waals surface area (Å²) < 4.78 is 0. The summed E-state index contributed by atoms with van der Waals surface area (Å²) in [6.45, 7) is 0. The van der Waals surface area contributed by atoms with Gasteiger partial charge in [0.15, 0.2) is 0 Å². The second-order valence-corrected chi connectivity index (χ2v) is 7.31. The number of fused-ring (bicyclic) bond motifs is 3. The molecule has 24 heavy (non-hydrogen) atoms. The zero-order valence-corrected chi connectivity index (χ0v) is 14.9. The van der Waals surface area contributed by atoms with E-state index in [1.165, 1.54) is 6.42 Å². The Balaban J connectivity index is 0.00000169. The van der Waals surface area contributed by atoms with Gasteiger partial charge in [0.25, 0.3) is 0 Å². The lowest BCUT2D eigenvalue weighted by Gasteiger charge is -2.43. The van der Waals surface area contributed by atoms with Gasteiger partial charge in [-0.05, 0) is 49.7 Å². The standard InChI is InChI=1S/C17H21ClN4O.ClH/c18-12-5-2-6-13-15(12)21-17(20-13)22-16(23)11-7-9-3-1-4-10(8-11)14(9)19;/h2,5-6,9-11,14H,1,3-4,7-8,19H2,(H2,20,21,22,23);1H. The summed E-state index contributed by atoms with van der Waals surface area (Å²) >= 11 is 6.13. The van der Waals surface area contributed by atoms with Gasteiger partial charge >= 0.3 is 0 Å². The van der Waals surface area contributed by atoms with Crippen molar-refractivity contribution < 1.29 is 4.79 Å². The number of nitrogens with one attached hydrogen (secondary N) is 2. The van der Waals surface area contributed by atoms with Crippen molar-refractivity contribution in [2.24, 2.45) is 23.5 Å². The number of aromatic nitrogens is 2. The summed E-state index contributed by atoms with van der Waals surface area (Å²) in [6, 6.07) is 5.82. The summed E-state index contributed by atoms with van der Waals surface area (Å²) in [5, 5.41) is 3.51. The zero-order valence-electron chi connectivity index (χ0n) is 13.3. The van der Waals surface area contributed by atoms with E-state index in [-0.39, 0.29) is 30.3 Å². The first-order chi connectivity index (χ1) is 11.1. The van der Waals surface area contributed by atoms with E-state index in [0.29, 0.717) is 28.3 Å². The highest BCUT2D eigenvalue weighted by Gasteiger charge is 2.40. The van der Waals surface area contributed by atoms with E-state index in [2.05, 4.69) is 15.3 Å². The van der Waals surface area contributed by atoms with Crippen molar-refractivity contribution in [2.45, 2.75) is 38.1 Å². The minimum absolute atomic E-state index is 0. The Kier molecular flexibility index (Phi) is 5.04. The molecule has 7 heteroatoms. The first-order valence-electron chi connectivity index (χ1n) is 8.32. The molecule has 2 atom stereocenters. The fourth-order valence-corrected chi connectivity index (χ4v) is 4.50. The minimum atomic E-state index is 0. The number of para-hydroxylation sites is 1. The molecule has 4 N–H and O–H groups in total. The van der Waals surface area contributed by atoms with E-state index in [0.717, 1.165) is 31.2 Å². The number of aromatic amines is 1. The van der Waals surface area contributed by atoms with Crippen LogP contribution in [0.4, 0.5) is 5.95 Å². The number of H-pyrrole nitrogens is 1. The molecule has 2 fully saturated rings. The van der Waals surface area contributed by atoms with Crippen LogP contribution >= 0.6 is 24.0 Å². The molecule has 0 spiro atoms. The Hall–Kier alpha value is -1.30. The number of nitrogens with zero attached hydrogens (tertiary/aromatic N) is 1. The van der Waals surface area contributed by atoms with Gasteiger partial charge in [0.1, 0.15) is 5.52 Å². The zero-order chi connectivity index (χ0) is 16.0. The molecule has 1 aromatic carbocycles. The topological polar surface area (TPSA) is 83.8 Å². The van der Waals surface area contributed by atoms with Gasteiger partial charge < -0.3 is 10.7 Å². The molecule has 0 saturated heterocycles. The van der Waals surface area contributed by atoms with E-state index in [9.17, 15) is 4.79 Å². The van der Waals surface area contributed by atoms with E-state index >= 15 is 0 Å². The molecule has 0 aliphatic heterocycles. The van der Waals surface area contributed by atoms with E-state index in [1.807, 2.05) is 12.1 Å². The maximum atomic E-state index is 12.6. The number of imidazole rings is 1. The maximum Gasteiger partial charge on any atom is 0.229 e. The first-order valence-corrected chi connectivity index (χ1v) is 8.70. The molecule has 0 radical (unpaired) electrons.